The van der Waals surface area contributed by atoms with Crippen molar-refractivity contribution in [3.05, 3.63) is 29.8 Å². The first-order chi connectivity index (χ1) is 10.7. The summed E-state index contributed by atoms with van der Waals surface area (Å²) in [6.07, 6.45) is 2.84. The van der Waals surface area contributed by atoms with E-state index in [9.17, 15) is 4.79 Å². The fraction of sp³-hybridized carbons (Fsp3) is 0.611. The van der Waals surface area contributed by atoms with Crippen LogP contribution in [-0.4, -0.2) is 43.7 Å². The lowest BCUT2D eigenvalue weighted by Crippen LogP contribution is -2.37. The minimum Gasteiger partial charge on any atom is -0.494 e. The topological polar surface area (TPSA) is 38.8 Å². The van der Waals surface area contributed by atoms with Crippen molar-refractivity contribution in [2.45, 2.75) is 33.1 Å². The molecule has 0 N–H and O–H groups in total. The zero-order chi connectivity index (χ0) is 15.8. The number of ether oxygens (including phenoxy) is 2. The van der Waals surface area contributed by atoms with Crippen molar-refractivity contribution in [3.63, 3.8) is 0 Å². The number of hydrogen-bond acceptors (Lipinski definition) is 4. The second kappa shape index (κ2) is 8.79. The van der Waals surface area contributed by atoms with Gasteiger partial charge in [-0.15, -0.1) is 0 Å². The maximum absolute atomic E-state index is 11.7. The molecule has 0 spiro atoms. The number of likely N-dealkylation sites (tertiary alicyclic amines) is 1. The molecule has 0 atom stereocenters. The van der Waals surface area contributed by atoms with E-state index in [1.807, 2.05) is 19.1 Å². The highest BCUT2D eigenvalue weighted by Gasteiger charge is 2.25. The Labute approximate surface area is 133 Å². The third-order valence-corrected chi connectivity index (χ3v) is 4.08. The van der Waals surface area contributed by atoms with E-state index < -0.39 is 0 Å². The van der Waals surface area contributed by atoms with Crippen molar-refractivity contribution in [2.75, 3.05) is 32.8 Å². The molecule has 0 saturated carbocycles. The van der Waals surface area contributed by atoms with Crippen LogP contribution in [0.25, 0.3) is 0 Å². The minimum atomic E-state index is -0.0232. The van der Waals surface area contributed by atoms with E-state index in [4.69, 9.17) is 9.47 Å². The summed E-state index contributed by atoms with van der Waals surface area (Å²) in [5, 5.41) is 0. The van der Waals surface area contributed by atoms with Crippen LogP contribution in [0, 0.1) is 12.8 Å². The van der Waals surface area contributed by atoms with Crippen molar-refractivity contribution in [1.82, 2.24) is 4.90 Å². The van der Waals surface area contributed by atoms with Crippen molar-refractivity contribution in [3.8, 4) is 5.75 Å². The Bertz CT molecular complexity index is 467. The molecule has 0 radical (unpaired) electrons. The maximum Gasteiger partial charge on any atom is 0.309 e. The maximum atomic E-state index is 11.7. The highest BCUT2D eigenvalue weighted by atomic mass is 16.5. The van der Waals surface area contributed by atoms with Gasteiger partial charge in [-0.05, 0) is 63.9 Å². The summed E-state index contributed by atoms with van der Waals surface area (Å²) < 4.78 is 10.9. The van der Waals surface area contributed by atoms with Gasteiger partial charge in [0.2, 0.25) is 0 Å². The van der Waals surface area contributed by atoms with Gasteiger partial charge in [0.15, 0.2) is 0 Å². The predicted molar refractivity (Wildman–Crippen MR) is 87.1 cm³/mol. The molecule has 0 unspecified atom stereocenters. The van der Waals surface area contributed by atoms with Gasteiger partial charge in [0.05, 0.1) is 19.1 Å². The van der Waals surface area contributed by atoms with E-state index in [1.165, 1.54) is 5.56 Å². The lowest BCUT2D eigenvalue weighted by atomic mass is 9.97. The molecule has 0 bridgehead atoms. The van der Waals surface area contributed by atoms with E-state index in [-0.39, 0.29) is 11.9 Å². The summed E-state index contributed by atoms with van der Waals surface area (Å²) in [4.78, 5) is 14.1. The van der Waals surface area contributed by atoms with E-state index in [0.717, 1.165) is 51.3 Å². The van der Waals surface area contributed by atoms with E-state index >= 15 is 0 Å². The standard InChI is InChI=1S/C18H27NO3/c1-3-21-18(20)16-8-11-19(12-9-16)10-5-13-22-17-7-4-6-15(2)14-17/h4,6-7,14,16H,3,5,8-13H2,1-2H3. The third-order valence-electron chi connectivity index (χ3n) is 4.08. The number of hydrogen-bond donors (Lipinski definition) is 0. The van der Waals surface area contributed by atoms with Gasteiger partial charge >= 0.3 is 5.97 Å². The molecule has 4 heteroatoms. The summed E-state index contributed by atoms with van der Waals surface area (Å²) >= 11 is 0. The average Bonchev–Trinajstić information content (AvgIpc) is 2.52. The molecule has 0 aromatic heterocycles. The van der Waals surface area contributed by atoms with Crippen LogP contribution in [0.2, 0.25) is 0 Å². The highest BCUT2D eigenvalue weighted by molar-refractivity contribution is 5.72. The Kier molecular flexibility index (Phi) is 6.72. The molecule has 1 aromatic rings. The molecular weight excluding hydrogens is 278 g/mol. The van der Waals surface area contributed by atoms with Crippen LogP contribution in [0.15, 0.2) is 24.3 Å². The molecule has 122 valence electrons. The summed E-state index contributed by atoms with van der Waals surface area (Å²) in [6, 6.07) is 8.15. The lowest BCUT2D eigenvalue weighted by Gasteiger charge is -2.30. The van der Waals surface area contributed by atoms with Gasteiger partial charge < -0.3 is 14.4 Å². The molecule has 1 aliphatic rings. The first-order valence-corrected chi connectivity index (χ1v) is 8.27. The summed E-state index contributed by atoms with van der Waals surface area (Å²) in [6.45, 7) is 8.14. The molecule has 1 aromatic carbocycles. The van der Waals surface area contributed by atoms with E-state index in [1.54, 1.807) is 0 Å². The van der Waals surface area contributed by atoms with Gasteiger partial charge in [0.1, 0.15) is 5.75 Å². The third kappa shape index (κ3) is 5.34. The van der Waals surface area contributed by atoms with Crippen molar-refractivity contribution < 1.29 is 14.3 Å². The molecule has 4 nitrogen and oxygen atoms in total. The van der Waals surface area contributed by atoms with Gasteiger partial charge in [-0.3, -0.25) is 4.79 Å². The Morgan fingerprint density at radius 1 is 1.32 bits per heavy atom. The molecule has 0 aliphatic carbocycles. The van der Waals surface area contributed by atoms with Crippen LogP contribution in [0.4, 0.5) is 0 Å². The number of rotatable bonds is 7. The van der Waals surface area contributed by atoms with Crippen molar-refractivity contribution in [2.24, 2.45) is 5.92 Å². The fourth-order valence-electron chi connectivity index (χ4n) is 2.84. The van der Waals surface area contributed by atoms with E-state index in [0.29, 0.717) is 6.61 Å². The molecule has 22 heavy (non-hydrogen) atoms. The van der Waals surface area contributed by atoms with Gasteiger partial charge in [-0.25, -0.2) is 0 Å². The molecular formula is C18H27NO3. The number of nitrogens with zero attached hydrogens (tertiary/aromatic N) is 1. The highest BCUT2D eigenvalue weighted by Crippen LogP contribution is 2.19. The average molecular weight is 305 g/mol. The molecule has 1 heterocycles. The fourth-order valence-corrected chi connectivity index (χ4v) is 2.84. The molecule has 1 saturated heterocycles. The second-order valence-corrected chi connectivity index (χ2v) is 5.89. The molecule has 1 aliphatic heterocycles. The number of piperidine rings is 1. The zero-order valence-electron chi connectivity index (χ0n) is 13.7. The Balaban J connectivity index is 1.60. The monoisotopic (exact) mass is 305 g/mol. The van der Waals surface area contributed by atoms with Crippen LogP contribution in [-0.2, 0) is 9.53 Å². The first kappa shape index (κ1) is 16.8. The molecule has 1 fully saturated rings. The molecule has 0 amide bonds. The smallest absolute Gasteiger partial charge is 0.309 e. The molecule has 2 rings (SSSR count). The van der Waals surface area contributed by atoms with Crippen LogP contribution in [0.5, 0.6) is 5.75 Å². The zero-order valence-corrected chi connectivity index (χ0v) is 13.7. The van der Waals surface area contributed by atoms with Crippen LogP contribution in [0.1, 0.15) is 31.7 Å². The van der Waals surface area contributed by atoms with Gasteiger partial charge in [-0.1, -0.05) is 12.1 Å². The number of carbonyl (C=O) groups is 1. The SMILES string of the molecule is CCOC(=O)C1CCN(CCCOc2cccc(C)c2)CC1. The lowest BCUT2D eigenvalue weighted by molar-refractivity contribution is -0.149. The second-order valence-electron chi connectivity index (χ2n) is 5.89. The van der Waals surface area contributed by atoms with Crippen LogP contribution < -0.4 is 4.74 Å². The van der Waals surface area contributed by atoms with E-state index in [2.05, 4.69) is 24.0 Å². The first-order valence-electron chi connectivity index (χ1n) is 8.27. The Morgan fingerprint density at radius 3 is 2.77 bits per heavy atom. The Morgan fingerprint density at radius 2 is 2.09 bits per heavy atom. The van der Waals surface area contributed by atoms with Gasteiger partial charge in [-0.2, -0.15) is 0 Å². The number of benzene rings is 1. The quantitative estimate of drug-likeness (QED) is 0.573. The van der Waals surface area contributed by atoms with Gasteiger partial charge in [0, 0.05) is 6.54 Å². The summed E-state index contributed by atoms with van der Waals surface area (Å²) in [5.41, 5.74) is 1.22. The largest absolute Gasteiger partial charge is 0.494 e. The van der Waals surface area contributed by atoms with Crippen molar-refractivity contribution >= 4 is 5.97 Å². The number of carbonyl (C=O) groups excluding carboxylic acids is 1. The predicted octanol–water partition coefficient (Wildman–Crippen LogP) is 3.04. The van der Waals surface area contributed by atoms with Crippen LogP contribution in [0.3, 0.4) is 0 Å². The summed E-state index contributed by atoms with van der Waals surface area (Å²) in [7, 11) is 0. The number of esters is 1. The normalized spacial score (nSPS) is 16.5. The van der Waals surface area contributed by atoms with Crippen molar-refractivity contribution in [1.29, 1.82) is 0 Å². The number of aryl methyl sites for hydroxylation is 1. The minimum absolute atomic E-state index is 0.0232. The Hall–Kier alpha value is -1.55. The van der Waals surface area contributed by atoms with Gasteiger partial charge in [0.25, 0.3) is 0 Å². The van der Waals surface area contributed by atoms with Crippen LogP contribution >= 0.6 is 0 Å². The summed E-state index contributed by atoms with van der Waals surface area (Å²) in [5.74, 6) is 1.02.